The maximum atomic E-state index is 11.8. The molecule has 2 aliphatic rings. The zero-order valence-corrected chi connectivity index (χ0v) is 11.4. The van der Waals surface area contributed by atoms with Crippen molar-refractivity contribution in [1.29, 1.82) is 0 Å². The van der Waals surface area contributed by atoms with E-state index in [-0.39, 0.29) is 0 Å². The molecule has 2 nitrogen and oxygen atoms in total. The van der Waals surface area contributed by atoms with Crippen molar-refractivity contribution < 1.29 is 9.90 Å². The Morgan fingerprint density at radius 2 is 2.11 bits per heavy atom. The van der Waals surface area contributed by atoms with E-state index in [1.165, 1.54) is 10.5 Å². The minimum atomic E-state index is -0.627. The van der Waals surface area contributed by atoms with Gasteiger partial charge in [0.15, 0.2) is 0 Å². The zero-order valence-electron chi connectivity index (χ0n) is 10.6. The molecule has 1 aromatic carbocycles. The number of thioether (sulfide) groups is 1. The average Bonchev–Trinajstić information content (AvgIpc) is 2.93. The molecule has 1 unspecified atom stereocenters. The van der Waals surface area contributed by atoms with Crippen LogP contribution in [0.3, 0.4) is 0 Å². The Morgan fingerprint density at radius 3 is 2.78 bits per heavy atom. The van der Waals surface area contributed by atoms with Crippen molar-refractivity contribution in [3.05, 3.63) is 29.3 Å². The van der Waals surface area contributed by atoms with Crippen molar-refractivity contribution in [2.45, 2.75) is 54.6 Å². The summed E-state index contributed by atoms with van der Waals surface area (Å²) in [5.41, 5.74) is 1.80. The molecule has 96 valence electrons. The minimum Gasteiger partial charge on any atom is -0.481 e. The zero-order chi connectivity index (χ0) is 12.8. The number of carboxylic acids is 1. The van der Waals surface area contributed by atoms with Crippen LogP contribution in [0.2, 0.25) is 0 Å². The Kier molecular flexibility index (Phi) is 2.89. The number of hydrogen-bond donors (Lipinski definition) is 1. The van der Waals surface area contributed by atoms with Crippen LogP contribution in [0.4, 0.5) is 0 Å². The van der Waals surface area contributed by atoms with Gasteiger partial charge in [-0.1, -0.05) is 31.9 Å². The predicted octanol–water partition coefficient (Wildman–Crippen LogP) is 3.62. The summed E-state index contributed by atoms with van der Waals surface area (Å²) in [6, 6.07) is 6.22. The lowest BCUT2D eigenvalue weighted by Crippen LogP contribution is -2.33. The molecule has 0 amide bonds. The van der Waals surface area contributed by atoms with E-state index in [2.05, 4.69) is 19.1 Å². The molecular formula is C15H18O2S. The summed E-state index contributed by atoms with van der Waals surface area (Å²) >= 11 is 1.88. The quantitative estimate of drug-likeness (QED) is 0.884. The molecule has 1 aliphatic carbocycles. The summed E-state index contributed by atoms with van der Waals surface area (Å²) in [5.74, 6) is -0.627. The summed E-state index contributed by atoms with van der Waals surface area (Å²) < 4.78 is 0. The highest BCUT2D eigenvalue weighted by Crippen LogP contribution is 2.47. The van der Waals surface area contributed by atoms with E-state index in [4.69, 9.17) is 0 Å². The molecule has 1 saturated carbocycles. The van der Waals surface area contributed by atoms with Gasteiger partial charge in [-0.05, 0) is 36.5 Å². The van der Waals surface area contributed by atoms with E-state index < -0.39 is 11.4 Å². The van der Waals surface area contributed by atoms with E-state index >= 15 is 0 Å². The van der Waals surface area contributed by atoms with Crippen LogP contribution in [0, 0.1) is 0 Å². The second kappa shape index (κ2) is 4.30. The van der Waals surface area contributed by atoms with Crippen LogP contribution in [0.15, 0.2) is 23.1 Å². The van der Waals surface area contributed by atoms with Gasteiger partial charge < -0.3 is 5.11 Å². The molecule has 3 rings (SSSR count). The van der Waals surface area contributed by atoms with Gasteiger partial charge >= 0.3 is 5.97 Å². The Hall–Kier alpha value is -0.960. The highest BCUT2D eigenvalue weighted by Gasteiger charge is 2.45. The van der Waals surface area contributed by atoms with Crippen molar-refractivity contribution in [3.63, 3.8) is 0 Å². The van der Waals surface area contributed by atoms with E-state index in [1.54, 1.807) is 0 Å². The van der Waals surface area contributed by atoms with Crippen molar-refractivity contribution >= 4 is 17.7 Å². The van der Waals surface area contributed by atoms with Crippen molar-refractivity contribution in [1.82, 2.24) is 0 Å². The molecule has 0 spiro atoms. The number of hydrogen-bond acceptors (Lipinski definition) is 2. The Labute approximate surface area is 112 Å². The third kappa shape index (κ3) is 1.68. The molecule has 0 radical (unpaired) electrons. The highest BCUT2D eigenvalue weighted by molar-refractivity contribution is 8.00. The number of benzene rings is 1. The number of aliphatic carboxylic acids is 1. The monoisotopic (exact) mass is 262 g/mol. The predicted molar refractivity (Wildman–Crippen MR) is 73.2 cm³/mol. The summed E-state index contributed by atoms with van der Waals surface area (Å²) in [6.07, 6.45) is 4.71. The van der Waals surface area contributed by atoms with E-state index in [1.807, 2.05) is 17.8 Å². The van der Waals surface area contributed by atoms with Gasteiger partial charge in [-0.2, -0.15) is 0 Å². The van der Waals surface area contributed by atoms with Gasteiger partial charge in [-0.25, -0.2) is 0 Å². The fourth-order valence-corrected chi connectivity index (χ4v) is 4.63. The first-order valence-electron chi connectivity index (χ1n) is 6.66. The highest BCUT2D eigenvalue weighted by atomic mass is 32.2. The maximum absolute atomic E-state index is 11.8. The summed E-state index contributed by atoms with van der Waals surface area (Å²) in [7, 11) is 0. The molecule has 18 heavy (non-hydrogen) atoms. The molecule has 1 aliphatic heterocycles. The van der Waals surface area contributed by atoms with Crippen LogP contribution >= 0.6 is 11.8 Å². The second-order valence-corrected chi connectivity index (χ2v) is 6.99. The van der Waals surface area contributed by atoms with Gasteiger partial charge in [0.2, 0.25) is 0 Å². The molecule has 1 atom stereocenters. The van der Waals surface area contributed by atoms with Crippen LogP contribution in [0.5, 0.6) is 0 Å². The molecule has 1 fully saturated rings. The first-order valence-corrected chi connectivity index (χ1v) is 7.54. The van der Waals surface area contributed by atoms with Gasteiger partial charge in [0.05, 0.1) is 5.41 Å². The lowest BCUT2D eigenvalue weighted by atomic mass is 9.76. The SMILES string of the molecule is CC1Cc2c(cccc2C2(C(=O)O)CCCC2)S1. The van der Waals surface area contributed by atoms with Gasteiger partial charge in [0, 0.05) is 10.1 Å². The molecule has 0 bridgehead atoms. The lowest BCUT2D eigenvalue weighted by molar-refractivity contribution is -0.143. The van der Waals surface area contributed by atoms with Gasteiger partial charge in [-0.15, -0.1) is 11.8 Å². The molecule has 0 aromatic heterocycles. The molecular weight excluding hydrogens is 244 g/mol. The fraction of sp³-hybridized carbons (Fsp3) is 0.533. The second-order valence-electron chi connectivity index (χ2n) is 5.51. The molecule has 1 aromatic rings. The van der Waals surface area contributed by atoms with E-state index in [0.29, 0.717) is 5.25 Å². The Bertz CT molecular complexity index is 489. The third-order valence-corrected chi connectivity index (χ3v) is 5.54. The van der Waals surface area contributed by atoms with Crippen molar-refractivity contribution in [2.24, 2.45) is 0 Å². The number of fused-ring (bicyclic) bond motifs is 1. The molecule has 1 N–H and O–H groups in total. The number of carboxylic acid groups (broad SMARTS) is 1. The number of rotatable bonds is 2. The van der Waals surface area contributed by atoms with Crippen LogP contribution in [0.1, 0.15) is 43.7 Å². The third-order valence-electron chi connectivity index (χ3n) is 4.33. The van der Waals surface area contributed by atoms with Gasteiger partial charge in [-0.3, -0.25) is 4.79 Å². The normalized spacial score (nSPS) is 25.1. The summed E-state index contributed by atoms with van der Waals surface area (Å²) in [4.78, 5) is 13.1. The van der Waals surface area contributed by atoms with Crippen molar-refractivity contribution in [3.8, 4) is 0 Å². The smallest absolute Gasteiger partial charge is 0.314 e. The first kappa shape index (κ1) is 12.1. The average molecular weight is 262 g/mol. The van der Waals surface area contributed by atoms with Crippen molar-refractivity contribution in [2.75, 3.05) is 0 Å². The van der Waals surface area contributed by atoms with Gasteiger partial charge in [0.25, 0.3) is 0 Å². The summed E-state index contributed by atoms with van der Waals surface area (Å²) in [5, 5.41) is 10.3. The fourth-order valence-electron chi connectivity index (χ4n) is 3.46. The van der Waals surface area contributed by atoms with Crippen LogP contribution < -0.4 is 0 Å². The standard InChI is InChI=1S/C15H18O2S/c1-10-9-11-12(5-4-6-13(11)18-10)15(14(16)17)7-2-3-8-15/h4-6,10H,2-3,7-9H2,1H3,(H,16,17). The Morgan fingerprint density at radius 1 is 1.39 bits per heavy atom. The molecule has 0 saturated heterocycles. The van der Waals surface area contributed by atoms with Gasteiger partial charge in [0.1, 0.15) is 0 Å². The Balaban J connectivity index is 2.12. The van der Waals surface area contributed by atoms with Crippen LogP contribution in [-0.4, -0.2) is 16.3 Å². The maximum Gasteiger partial charge on any atom is 0.314 e. The van der Waals surface area contributed by atoms with E-state index in [0.717, 1.165) is 37.7 Å². The first-order chi connectivity index (χ1) is 8.63. The molecule has 1 heterocycles. The van der Waals surface area contributed by atoms with Crippen LogP contribution in [0.25, 0.3) is 0 Å². The lowest BCUT2D eigenvalue weighted by Gasteiger charge is -2.26. The number of carbonyl (C=O) groups is 1. The topological polar surface area (TPSA) is 37.3 Å². The largest absolute Gasteiger partial charge is 0.481 e. The molecule has 3 heteroatoms. The minimum absolute atomic E-state index is 0.577. The summed E-state index contributed by atoms with van der Waals surface area (Å²) in [6.45, 7) is 2.22. The van der Waals surface area contributed by atoms with Crippen LogP contribution in [-0.2, 0) is 16.6 Å². The van der Waals surface area contributed by atoms with E-state index in [9.17, 15) is 9.90 Å².